The van der Waals surface area contributed by atoms with Crippen molar-refractivity contribution in [1.29, 1.82) is 0 Å². The summed E-state index contributed by atoms with van der Waals surface area (Å²) < 4.78 is 39.4. The molecule has 0 spiro atoms. The standard InChI is InChI=1S/C30H30N2O5S/c1-2-36-27-17-19-29(20-18-27)38(34,35)32(21-24-9-5-3-6-10-24)22-30(33)31-26-13-15-28(16-14-26)37-23-25-11-7-4-8-12-25/h3-20H,2,21-23H2,1H3,(H,31,33). The van der Waals surface area contributed by atoms with E-state index < -0.39 is 15.9 Å². The Morgan fingerprint density at radius 1 is 0.737 bits per heavy atom. The van der Waals surface area contributed by atoms with E-state index in [0.29, 0.717) is 30.4 Å². The van der Waals surface area contributed by atoms with Crippen LogP contribution in [-0.2, 0) is 28.0 Å². The van der Waals surface area contributed by atoms with E-state index in [4.69, 9.17) is 9.47 Å². The van der Waals surface area contributed by atoms with Gasteiger partial charge in [-0.2, -0.15) is 4.31 Å². The highest BCUT2D eigenvalue weighted by molar-refractivity contribution is 7.89. The Morgan fingerprint density at radius 2 is 1.29 bits per heavy atom. The molecule has 38 heavy (non-hydrogen) atoms. The average molecular weight is 531 g/mol. The van der Waals surface area contributed by atoms with Crippen molar-refractivity contribution in [2.24, 2.45) is 0 Å². The third kappa shape index (κ3) is 7.44. The van der Waals surface area contributed by atoms with Gasteiger partial charge in [-0.1, -0.05) is 60.7 Å². The predicted molar refractivity (Wildman–Crippen MR) is 147 cm³/mol. The molecule has 0 aliphatic carbocycles. The lowest BCUT2D eigenvalue weighted by atomic mass is 10.2. The second-order valence-corrected chi connectivity index (χ2v) is 10.4. The highest BCUT2D eigenvalue weighted by Crippen LogP contribution is 2.22. The molecule has 8 heteroatoms. The molecule has 1 amide bonds. The second kappa shape index (κ2) is 12.9. The lowest BCUT2D eigenvalue weighted by Gasteiger charge is -2.22. The number of ether oxygens (including phenoxy) is 2. The zero-order chi connectivity index (χ0) is 26.8. The Labute approximate surface area is 223 Å². The minimum absolute atomic E-state index is 0.0517. The summed E-state index contributed by atoms with van der Waals surface area (Å²) in [6.07, 6.45) is 0. The van der Waals surface area contributed by atoms with Crippen LogP contribution in [0.5, 0.6) is 11.5 Å². The van der Waals surface area contributed by atoms with Gasteiger partial charge in [0.15, 0.2) is 0 Å². The molecule has 0 atom stereocenters. The number of carbonyl (C=O) groups is 1. The summed E-state index contributed by atoms with van der Waals surface area (Å²) in [5.41, 5.74) is 2.37. The highest BCUT2D eigenvalue weighted by Gasteiger charge is 2.27. The SMILES string of the molecule is CCOc1ccc(S(=O)(=O)N(CC(=O)Nc2ccc(OCc3ccccc3)cc2)Cc2ccccc2)cc1. The zero-order valence-corrected chi connectivity index (χ0v) is 21.9. The first-order valence-electron chi connectivity index (χ1n) is 12.3. The van der Waals surface area contributed by atoms with Crippen molar-refractivity contribution in [3.8, 4) is 11.5 Å². The Balaban J connectivity index is 1.44. The number of amides is 1. The van der Waals surface area contributed by atoms with Crippen LogP contribution in [0, 0.1) is 0 Å². The number of hydrogen-bond donors (Lipinski definition) is 1. The quantitative estimate of drug-likeness (QED) is 0.262. The van der Waals surface area contributed by atoms with Crippen LogP contribution < -0.4 is 14.8 Å². The van der Waals surface area contributed by atoms with Gasteiger partial charge in [0.2, 0.25) is 15.9 Å². The average Bonchev–Trinajstić information content (AvgIpc) is 2.94. The van der Waals surface area contributed by atoms with Gasteiger partial charge in [-0.25, -0.2) is 8.42 Å². The molecule has 0 aliphatic rings. The Bertz CT molecular complexity index is 1410. The van der Waals surface area contributed by atoms with Crippen molar-refractivity contribution in [3.05, 3.63) is 120 Å². The Morgan fingerprint density at radius 3 is 1.89 bits per heavy atom. The first-order valence-corrected chi connectivity index (χ1v) is 13.7. The molecule has 0 bridgehead atoms. The van der Waals surface area contributed by atoms with Crippen LogP contribution in [0.25, 0.3) is 0 Å². The number of nitrogens with zero attached hydrogens (tertiary/aromatic N) is 1. The fourth-order valence-corrected chi connectivity index (χ4v) is 5.16. The van der Waals surface area contributed by atoms with Crippen LogP contribution in [-0.4, -0.2) is 31.8 Å². The number of rotatable bonds is 12. The zero-order valence-electron chi connectivity index (χ0n) is 21.1. The Hall–Kier alpha value is -4.14. The van der Waals surface area contributed by atoms with E-state index in [1.54, 1.807) is 36.4 Å². The normalized spacial score (nSPS) is 11.2. The van der Waals surface area contributed by atoms with Crippen LogP contribution in [0.4, 0.5) is 5.69 Å². The minimum Gasteiger partial charge on any atom is -0.494 e. The molecule has 0 unspecified atom stereocenters. The second-order valence-electron chi connectivity index (χ2n) is 8.51. The summed E-state index contributed by atoms with van der Waals surface area (Å²) in [6, 6.07) is 32.2. The van der Waals surface area contributed by atoms with E-state index in [1.165, 1.54) is 16.4 Å². The predicted octanol–water partition coefficient (Wildman–Crippen LogP) is 5.49. The number of anilines is 1. The maximum atomic E-state index is 13.5. The Kier molecular flexibility index (Phi) is 9.13. The lowest BCUT2D eigenvalue weighted by molar-refractivity contribution is -0.116. The van der Waals surface area contributed by atoms with Gasteiger partial charge in [0.05, 0.1) is 18.0 Å². The van der Waals surface area contributed by atoms with Crippen molar-refractivity contribution in [3.63, 3.8) is 0 Å². The van der Waals surface area contributed by atoms with Crippen molar-refractivity contribution in [1.82, 2.24) is 4.31 Å². The fraction of sp³-hybridized carbons (Fsp3) is 0.167. The molecular weight excluding hydrogens is 500 g/mol. The molecule has 4 aromatic rings. The largest absolute Gasteiger partial charge is 0.494 e. The molecule has 0 fully saturated rings. The molecule has 7 nitrogen and oxygen atoms in total. The summed E-state index contributed by atoms with van der Waals surface area (Å²) in [6.45, 7) is 2.47. The minimum atomic E-state index is -3.96. The number of carbonyl (C=O) groups excluding carboxylic acids is 1. The molecule has 0 saturated carbocycles. The van der Waals surface area contributed by atoms with Crippen LogP contribution in [0.2, 0.25) is 0 Å². The molecule has 1 N–H and O–H groups in total. The smallest absolute Gasteiger partial charge is 0.243 e. The molecule has 4 aromatic carbocycles. The summed E-state index contributed by atoms with van der Waals surface area (Å²) in [5, 5.41) is 2.79. The van der Waals surface area contributed by atoms with E-state index in [2.05, 4.69) is 5.32 Å². The van der Waals surface area contributed by atoms with Gasteiger partial charge in [-0.05, 0) is 66.6 Å². The van der Waals surface area contributed by atoms with Crippen LogP contribution in [0.15, 0.2) is 114 Å². The van der Waals surface area contributed by atoms with Gasteiger partial charge in [0.25, 0.3) is 0 Å². The molecule has 196 valence electrons. The van der Waals surface area contributed by atoms with Crippen molar-refractivity contribution in [2.75, 3.05) is 18.5 Å². The summed E-state index contributed by atoms with van der Waals surface area (Å²) in [5.74, 6) is 0.791. The third-order valence-electron chi connectivity index (χ3n) is 5.68. The van der Waals surface area contributed by atoms with Gasteiger partial charge >= 0.3 is 0 Å². The van der Waals surface area contributed by atoms with Crippen LogP contribution >= 0.6 is 0 Å². The molecule has 4 rings (SSSR count). The first kappa shape index (κ1) is 26.9. The van der Waals surface area contributed by atoms with E-state index in [-0.39, 0.29) is 18.0 Å². The molecular formula is C30H30N2O5S. The molecule has 0 heterocycles. The van der Waals surface area contributed by atoms with Crippen LogP contribution in [0.1, 0.15) is 18.1 Å². The van der Waals surface area contributed by atoms with E-state index in [9.17, 15) is 13.2 Å². The fourth-order valence-electron chi connectivity index (χ4n) is 3.77. The maximum absolute atomic E-state index is 13.5. The highest BCUT2D eigenvalue weighted by atomic mass is 32.2. The lowest BCUT2D eigenvalue weighted by Crippen LogP contribution is -2.37. The molecule has 0 saturated heterocycles. The monoisotopic (exact) mass is 530 g/mol. The van der Waals surface area contributed by atoms with E-state index in [0.717, 1.165) is 11.1 Å². The number of sulfonamides is 1. The summed E-state index contributed by atoms with van der Waals surface area (Å²) in [7, 11) is -3.96. The number of nitrogens with one attached hydrogen (secondary N) is 1. The summed E-state index contributed by atoms with van der Waals surface area (Å²) >= 11 is 0. The molecule has 0 radical (unpaired) electrons. The third-order valence-corrected chi connectivity index (χ3v) is 7.49. The maximum Gasteiger partial charge on any atom is 0.243 e. The van der Waals surface area contributed by atoms with Crippen molar-refractivity contribution in [2.45, 2.75) is 25.0 Å². The van der Waals surface area contributed by atoms with Gasteiger partial charge < -0.3 is 14.8 Å². The van der Waals surface area contributed by atoms with Gasteiger partial charge in [-0.15, -0.1) is 0 Å². The summed E-state index contributed by atoms with van der Waals surface area (Å²) in [4.78, 5) is 13.0. The van der Waals surface area contributed by atoms with Crippen molar-refractivity contribution < 1.29 is 22.7 Å². The molecule has 0 aliphatic heterocycles. The van der Waals surface area contributed by atoms with Crippen molar-refractivity contribution >= 4 is 21.6 Å². The molecule has 0 aromatic heterocycles. The number of benzene rings is 4. The number of hydrogen-bond acceptors (Lipinski definition) is 5. The van der Waals surface area contributed by atoms with E-state index >= 15 is 0 Å². The van der Waals surface area contributed by atoms with Gasteiger partial charge in [0, 0.05) is 12.2 Å². The van der Waals surface area contributed by atoms with Gasteiger partial charge in [0.1, 0.15) is 18.1 Å². The van der Waals surface area contributed by atoms with E-state index in [1.807, 2.05) is 67.6 Å². The first-order chi connectivity index (χ1) is 18.4. The van der Waals surface area contributed by atoms with Crippen LogP contribution in [0.3, 0.4) is 0 Å². The van der Waals surface area contributed by atoms with Gasteiger partial charge in [-0.3, -0.25) is 4.79 Å². The topological polar surface area (TPSA) is 84.9 Å².